The normalized spacial score (nSPS) is 16.9. The van der Waals surface area contributed by atoms with Crippen molar-refractivity contribution in [2.24, 2.45) is 0 Å². The summed E-state index contributed by atoms with van der Waals surface area (Å²) in [6.07, 6.45) is 2.76. The Morgan fingerprint density at radius 2 is 2.16 bits per heavy atom. The average Bonchev–Trinajstić information content (AvgIpc) is 3.07. The third kappa shape index (κ3) is 2.75. The molecule has 0 radical (unpaired) electrons. The summed E-state index contributed by atoms with van der Waals surface area (Å²) in [5.74, 6) is -0.435. The van der Waals surface area contributed by atoms with Crippen LogP contribution in [-0.4, -0.2) is 56.4 Å². The molecular weight excluding hydrogens is 322 g/mol. The van der Waals surface area contributed by atoms with Gasteiger partial charge in [0.15, 0.2) is 11.4 Å². The van der Waals surface area contributed by atoms with Gasteiger partial charge in [-0.3, -0.25) is 9.59 Å². The Hall–Kier alpha value is -3.16. The molecule has 0 saturated carbocycles. The maximum absolute atomic E-state index is 12.9. The van der Waals surface area contributed by atoms with Crippen LogP contribution in [0.2, 0.25) is 0 Å². The lowest BCUT2D eigenvalue weighted by molar-refractivity contribution is 0.0760. The fourth-order valence-electron chi connectivity index (χ4n) is 3.18. The molecule has 8 heteroatoms. The summed E-state index contributed by atoms with van der Waals surface area (Å²) in [5, 5.41) is 20.2. The van der Waals surface area contributed by atoms with Gasteiger partial charge in [-0.1, -0.05) is 23.4 Å². The average molecular weight is 339 g/mol. The number of hydrogen-bond acceptors (Lipinski definition) is 5. The molecule has 0 bridgehead atoms. The zero-order valence-corrected chi connectivity index (χ0v) is 13.5. The molecule has 25 heavy (non-hydrogen) atoms. The van der Waals surface area contributed by atoms with Crippen molar-refractivity contribution in [2.75, 3.05) is 19.6 Å². The molecule has 3 heterocycles. The van der Waals surface area contributed by atoms with Crippen LogP contribution in [0.4, 0.5) is 0 Å². The van der Waals surface area contributed by atoms with Crippen LogP contribution in [0.15, 0.2) is 30.3 Å². The Morgan fingerprint density at radius 1 is 1.28 bits per heavy atom. The van der Waals surface area contributed by atoms with Crippen molar-refractivity contribution in [3.8, 4) is 5.75 Å². The van der Waals surface area contributed by atoms with Crippen LogP contribution in [0.1, 0.15) is 33.0 Å². The molecule has 2 aliphatic rings. The highest BCUT2D eigenvalue weighted by molar-refractivity contribution is 6.05. The number of phenolic OH excluding ortho intramolecular Hbond substituents is 1. The van der Waals surface area contributed by atoms with Gasteiger partial charge in [-0.25, -0.2) is 4.68 Å². The van der Waals surface area contributed by atoms with Gasteiger partial charge in [0.1, 0.15) is 5.75 Å². The van der Waals surface area contributed by atoms with Crippen LogP contribution < -0.4 is 5.32 Å². The van der Waals surface area contributed by atoms with Gasteiger partial charge in [0.2, 0.25) is 0 Å². The number of rotatable bonds is 2. The number of aromatic hydroxyl groups is 1. The number of phenols is 1. The van der Waals surface area contributed by atoms with Gasteiger partial charge in [-0.2, -0.15) is 0 Å². The standard InChI is InChI=1S/C17H17N5O3/c23-13-5-1-3-11(9-13)12-4-2-7-21(10-12)17(25)14-15-16(24)18-6-8-22(15)20-19-14/h1,3-5,9,23H,2,6-8,10H2,(H,18,24). The quantitative estimate of drug-likeness (QED) is 0.837. The number of nitrogens with one attached hydrogen (secondary N) is 1. The highest BCUT2D eigenvalue weighted by Crippen LogP contribution is 2.25. The second-order valence-electron chi connectivity index (χ2n) is 6.06. The van der Waals surface area contributed by atoms with Crippen molar-refractivity contribution in [3.05, 3.63) is 47.3 Å². The topological polar surface area (TPSA) is 100 Å². The largest absolute Gasteiger partial charge is 0.508 e. The van der Waals surface area contributed by atoms with Gasteiger partial charge in [0.25, 0.3) is 11.8 Å². The summed E-state index contributed by atoms with van der Waals surface area (Å²) in [7, 11) is 0. The molecule has 2 N–H and O–H groups in total. The second kappa shape index (κ2) is 6.04. The number of aromatic nitrogens is 3. The van der Waals surface area contributed by atoms with E-state index in [1.54, 1.807) is 23.1 Å². The van der Waals surface area contributed by atoms with Crippen molar-refractivity contribution in [3.63, 3.8) is 0 Å². The van der Waals surface area contributed by atoms with Gasteiger partial charge in [0.05, 0.1) is 6.54 Å². The van der Waals surface area contributed by atoms with Gasteiger partial charge in [0, 0.05) is 19.6 Å². The molecule has 128 valence electrons. The first kappa shape index (κ1) is 15.4. The lowest BCUT2D eigenvalue weighted by atomic mass is 10.0. The van der Waals surface area contributed by atoms with E-state index in [2.05, 4.69) is 21.7 Å². The first-order chi connectivity index (χ1) is 12.1. The Kier molecular flexibility index (Phi) is 3.72. The lowest BCUT2D eigenvalue weighted by Gasteiger charge is -2.27. The highest BCUT2D eigenvalue weighted by atomic mass is 16.3. The third-order valence-electron chi connectivity index (χ3n) is 4.42. The van der Waals surface area contributed by atoms with Crippen molar-refractivity contribution >= 4 is 17.4 Å². The minimum Gasteiger partial charge on any atom is -0.508 e. The molecule has 2 aliphatic heterocycles. The molecule has 2 amide bonds. The molecule has 0 aliphatic carbocycles. The number of carbonyl (C=O) groups excluding carboxylic acids is 2. The molecule has 0 atom stereocenters. The number of benzene rings is 1. The van der Waals surface area contributed by atoms with E-state index in [9.17, 15) is 14.7 Å². The maximum Gasteiger partial charge on any atom is 0.277 e. The van der Waals surface area contributed by atoms with Crippen LogP contribution in [0, 0.1) is 0 Å². The van der Waals surface area contributed by atoms with E-state index in [0.29, 0.717) is 32.6 Å². The van der Waals surface area contributed by atoms with Crippen molar-refractivity contribution in [1.82, 2.24) is 25.2 Å². The first-order valence-electron chi connectivity index (χ1n) is 8.13. The van der Waals surface area contributed by atoms with E-state index in [1.807, 2.05) is 6.07 Å². The number of amides is 2. The van der Waals surface area contributed by atoms with Crippen LogP contribution in [0.25, 0.3) is 5.57 Å². The summed E-state index contributed by atoms with van der Waals surface area (Å²) in [4.78, 5) is 26.6. The van der Waals surface area contributed by atoms with Gasteiger partial charge in [-0.15, -0.1) is 5.10 Å². The Morgan fingerprint density at radius 3 is 3.00 bits per heavy atom. The molecule has 8 nitrogen and oxygen atoms in total. The minimum atomic E-state index is -0.319. The number of nitrogens with zero attached hydrogens (tertiary/aromatic N) is 4. The fraction of sp³-hybridized carbons (Fsp3) is 0.294. The Bertz CT molecular complexity index is 886. The number of fused-ring (bicyclic) bond motifs is 1. The molecule has 2 aromatic rings. The first-order valence-corrected chi connectivity index (χ1v) is 8.13. The van der Waals surface area contributed by atoms with E-state index in [4.69, 9.17) is 0 Å². The van der Waals surface area contributed by atoms with Crippen LogP contribution in [0.5, 0.6) is 5.75 Å². The smallest absolute Gasteiger partial charge is 0.277 e. The van der Waals surface area contributed by atoms with Gasteiger partial charge >= 0.3 is 0 Å². The maximum atomic E-state index is 12.9. The number of carbonyl (C=O) groups is 2. The highest BCUT2D eigenvalue weighted by Gasteiger charge is 2.31. The summed E-state index contributed by atoms with van der Waals surface area (Å²) in [6, 6.07) is 6.95. The molecular formula is C17H17N5O3. The Balaban J connectivity index is 1.59. The van der Waals surface area contributed by atoms with Crippen LogP contribution in [-0.2, 0) is 6.54 Å². The molecule has 1 aromatic heterocycles. The molecule has 0 spiro atoms. The molecule has 0 unspecified atom stereocenters. The second-order valence-corrected chi connectivity index (χ2v) is 6.06. The van der Waals surface area contributed by atoms with E-state index in [0.717, 1.165) is 11.1 Å². The third-order valence-corrected chi connectivity index (χ3v) is 4.42. The lowest BCUT2D eigenvalue weighted by Crippen LogP contribution is -2.40. The molecule has 0 fully saturated rings. The summed E-state index contributed by atoms with van der Waals surface area (Å²) in [5.41, 5.74) is 2.15. The Labute approximate surface area is 143 Å². The predicted octanol–water partition coefficient (Wildman–Crippen LogP) is 0.657. The van der Waals surface area contributed by atoms with Crippen molar-refractivity contribution in [2.45, 2.75) is 13.0 Å². The monoisotopic (exact) mass is 339 g/mol. The molecule has 1 aromatic carbocycles. The SMILES string of the molecule is O=C1NCCn2nnc(C(=O)N3CCC=C(c4cccc(O)c4)C3)c21. The molecule has 4 rings (SSSR count). The van der Waals surface area contributed by atoms with Gasteiger partial charge < -0.3 is 15.3 Å². The van der Waals surface area contributed by atoms with E-state index in [1.165, 1.54) is 4.68 Å². The number of hydrogen-bond donors (Lipinski definition) is 2. The summed E-state index contributed by atoms with van der Waals surface area (Å²) >= 11 is 0. The van der Waals surface area contributed by atoms with Crippen LogP contribution in [0.3, 0.4) is 0 Å². The van der Waals surface area contributed by atoms with E-state index in [-0.39, 0.29) is 29.0 Å². The van der Waals surface area contributed by atoms with E-state index < -0.39 is 0 Å². The summed E-state index contributed by atoms with van der Waals surface area (Å²) in [6.45, 7) is 1.94. The van der Waals surface area contributed by atoms with Crippen molar-refractivity contribution < 1.29 is 14.7 Å². The predicted molar refractivity (Wildman–Crippen MR) is 89.0 cm³/mol. The fourth-order valence-corrected chi connectivity index (χ4v) is 3.18. The van der Waals surface area contributed by atoms with Crippen LogP contribution >= 0.6 is 0 Å². The zero-order valence-electron chi connectivity index (χ0n) is 13.5. The van der Waals surface area contributed by atoms with Crippen molar-refractivity contribution in [1.29, 1.82) is 0 Å². The van der Waals surface area contributed by atoms with E-state index >= 15 is 0 Å². The zero-order chi connectivity index (χ0) is 17.4. The van der Waals surface area contributed by atoms with Gasteiger partial charge in [-0.05, 0) is 29.7 Å². The molecule has 0 saturated heterocycles. The summed E-state index contributed by atoms with van der Waals surface area (Å²) < 4.78 is 1.47. The minimum absolute atomic E-state index is 0.0920.